The van der Waals surface area contributed by atoms with Crippen LogP contribution in [0.2, 0.25) is 0 Å². The Kier molecular flexibility index (Phi) is 7.68. The van der Waals surface area contributed by atoms with Crippen molar-refractivity contribution < 1.29 is 9.53 Å². The fraction of sp³-hybridized carbons (Fsp3) is 0.367. The summed E-state index contributed by atoms with van der Waals surface area (Å²) in [5.74, 6) is 1.97. The second kappa shape index (κ2) is 11.5. The van der Waals surface area contributed by atoms with E-state index in [1.54, 1.807) is 6.20 Å². The molecular weight excluding hydrogens is 462 g/mol. The molecular formula is C30H35N5O2. The number of aryl methyl sites for hydroxylation is 1. The van der Waals surface area contributed by atoms with Crippen LogP contribution in [-0.4, -0.2) is 40.2 Å². The number of aromatic nitrogens is 3. The van der Waals surface area contributed by atoms with Crippen LogP contribution in [0.4, 0.5) is 5.82 Å². The molecule has 192 valence electrons. The number of benzene rings is 2. The number of ether oxygens (including phenoxy) is 1. The van der Waals surface area contributed by atoms with E-state index in [1.165, 1.54) is 5.56 Å². The Morgan fingerprint density at radius 1 is 1.08 bits per heavy atom. The highest BCUT2D eigenvalue weighted by atomic mass is 16.5. The van der Waals surface area contributed by atoms with Crippen molar-refractivity contribution in [3.05, 3.63) is 78.1 Å². The van der Waals surface area contributed by atoms with Crippen LogP contribution in [0.5, 0.6) is 5.75 Å². The number of carbonyl (C=O) groups is 1. The third-order valence-electron chi connectivity index (χ3n) is 7.04. The smallest absolute Gasteiger partial charge is 0.223 e. The Morgan fingerprint density at radius 3 is 2.57 bits per heavy atom. The van der Waals surface area contributed by atoms with E-state index < -0.39 is 0 Å². The number of anilines is 1. The van der Waals surface area contributed by atoms with E-state index >= 15 is 0 Å². The molecule has 1 aliphatic rings. The van der Waals surface area contributed by atoms with Crippen molar-refractivity contribution in [2.75, 3.05) is 24.6 Å². The van der Waals surface area contributed by atoms with Gasteiger partial charge in [-0.15, -0.1) is 0 Å². The van der Waals surface area contributed by atoms with Gasteiger partial charge in [-0.3, -0.25) is 4.79 Å². The fourth-order valence-corrected chi connectivity index (χ4v) is 4.74. The summed E-state index contributed by atoms with van der Waals surface area (Å²) in [5.41, 5.74) is 5.27. The third kappa shape index (κ3) is 5.93. The van der Waals surface area contributed by atoms with Gasteiger partial charge in [0.05, 0.1) is 12.3 Å². The Hall–Kier alpha value is -3.87. The van der Waals surface area contributed by atoms with Gasteiger partial charge < -0.3 is 15.0 Å². The minimum absolute atomic E-state index is 0.0277. The van der Waals surface area contributed by atoms with Crippen LogP contribution in [0.3, 0.4) is 0 Å². The summed E-state index contributed by atoms with van der Waals surface area (Å²) in [5, 5.41) is 7.91. The first-order valence-corrected chi connectivity index (χ1v) is 13.3. The molecule has 1 N–H and O–H groups in total. The van der Waals surface area contributed by atoms with Crippen LogP contribution in [0, 0.1) is 12.8 Å². The molecule has 0 atom stereocenters. The van der Waals surface area contributed by atoms with Crippen molar-refractivity contribution >= 4 is 17.2 Å². The zero-order valence-electron chi connectivity index (χ0n) is 21.7. The molecule has 0 aliphatic carbocycles. The topological polar surface area (TPSA) is 71.8 Å². The molecule has 2 aromatic carbocycles. The molecule has 5 rings (SSSR count). The van der Waals surface area contributed by atoms with Crippen LogP contribution in [-0.2, 0) is 11.3 Å². The largest absolute Gasteiger partial charge is 0.494 e. The molecule has 0 spiro atoms. The van der Waals surface area contributed by atoms with Gasteiger partial charge in [-0.2, -0.15) is 5.10 Å². The fourth-order valence-electron chi connectivity index (χ4n) is 4.74. The van der Waals surface area contributed by atoms with E-state index in [2.05, 4.69) is 66.5 Å². The lowest BCUT2D eigenvalue weighted by molar-refractivity contribution is -0.125. The molecule has 3 heterocycles. The Labute approximate surface area is 218 Å². The number of nitrogens with zero attached hydrogens (tertiary/aromatic N) is 4. The SMILES string of the molecule is CCCCOc1ccc(-c2cc3c(N4CCC(C(=O)NCc5ccc(C)cc5)CC4)nccn3n2)cc1. The van der Waals surface area contributed by atoms with Crippen LogP contribution in [0.1, 0.15) is 43.7 Å². The Bertz CT molecular complexity index is 1320. The number of piperidine rings is 1. The lowest BCUT2D eigenvalue weighted by Gasteiger charge is -2.32. The van der Waals surface area contributed by atoms with E-state index in [1.807, 2.05) is 22.8 Å². The van der Waals surface area contributed by atoms with Crippen molar-refractivity contribution in [1.82, 2.24) is 19.9 Å². The lowest BCUT2D eigenvalue weighted by Crippen LogP contribution is -2.40. The van der Waals surface area contributed by atoms with E-state index in [0.717, 1.165) is 79.3 Å². The van der Waals surface area contributed by atoms with Gasteiger partial charge in [0.15, 0.2) is 5.82 Å². The number of rotatable bonds is 9. The third-order valence-corrected chi connectivity index (χ3v) is 7.04. The van der Waals surface area contributed by atoms with Crippen molar-refractivity contribution in [3.8, 4) is 17.0 Å². The van der Waals surface area contributed by atoms with Crippen molar-refractivity contribution in [1.29, 1.82) is 0 Å². The standard InChI is InChI=1S/C30H35N5O2/c1-3-4-19-37-26-11-9-24(10-12-26)27-20-28-29(31-15-18-35(28)33-27)34-16-13-25(14-17-34)30(36)32-21-23-7-5-22(2)6-8-23/h5-12,15,18,20,25H,3-4,13-14,16-17,19,21H2,1-2H3,(H,32,36). The van der Waals surface area contributed by atoms with Gasteiger partial charge in [-0.1, -0.05) is 43.2 Å². The van der Waals surface area contributed by atoms with E-state index in [0.29, 0.717) is 6.54 Å². The molecule has 1 fully saturated rings. The molecule has 7 nitrogen and oxygen atoms in total. The normalized spacial score (nSPS) is 14.2. The molecule has 7 heteroatoms. The lowest BCUT2D eigenvalue weighted by atomic mass is 9.95. The quantitative estimate of drug-likeness (QED) is 0.313. The highest BCUT2D eigenvalue weighted by Crippen LogP contribution is 2.29. The molecule has 2 aromatic heterocycles. The maximum absolute atomic E-state index is 12.8. The van der Waals surface area contributed by atoms with Crippen LogP contribution >= 0.6 is 0 Å². The molecule has 4 aromatic rings. The monoisotopic (exact) mass is 497 g/mol. The van der Waals surface area contributed by atoms with Crippen LogP contribution in [0.15, 0.2) is 67.0 Å². The number of hydrogen-bond acceptors (Lipinski definition) is 5. The summed E-state index contributed by atoms with van der Waals surface area (Å²) < 4.78 is 7.68. The van der Waals surface area contributed by atoms with Crippen molar-refractivity contribution in [3.63, 3.8) is 0 Å². The predicted molar refractivity (Wildman–Crippen MR) is 147 cm³/mol. The highest BCUT2D eigenvalue weighted by molar-refractivity contribution is 5.79. The van der Waals surface area contributed by atoms with Gasteiger partial charge in [-0.25, -0.2) is 9.50 Å². The van der Waals surface area contributed by atoms with E-state index in [4.69, 9.17) is 14.8 Å². The molecule has 0 unspecified atom stereocenters. The van der Waals surface area contributed by atoms with Crippen LogP contribution in [0.25, 0.3) is 16.8 Å². The highest BCUT2D eigenvalue weighted by Gasteiger charge is 2.26. The molecule has 0 saturated carbocycles. The van der Waals surface area contributed by atoms with Crippen molar-refractivity contribution in [2.24, 2.45) is 5.92 Å². The first-order chi connectivity index (χ1) is 18.1. The zero-order chi connectivity index (χ0) is 25.6. The minimum atomic E-state index is 0.0277. The van der Waals surface area contributed by atoms with Gasteiger partial charge in [0.2, 0.25) is 5.91 Å². The summed E-state index contributed by atoms with van der Waals surface area (Å²) in [7, 11) is 0. The summed E-state index contributed by atoms with van der Waals surface area (Å²) in [4.78, 5) is 19.7. The van der Waals surface area contributed by atoms with E-state index in [9.17, 15) is 4.79 Å². The molecule has 1 saturated heterocycles. The minimum Gasteiger partial charge on any atom is -0.494 e. The second-order valence-corrected chi connectivity index (χ2v) is 9.80. The maximum Gasteiger partial charge on any atom is 0.223 e. The molecule has 0 radical (unpaired) electrons. The van der Waals surface area contributed by atoms with E-state index in [-0.39, 0.29) is 11.8 Å². The predicted octanol–water partition coefficient (Wildman–Crippen LogP) is 5.42. The number of amides is 1. The number of fused-ring (bicyclic) bond motifs is 1. The first kappa shape index (κ1) is 24.8. The maximum atomic E-state index is 12.8. The number of unbranched alkanes of at least 4 members (excludes halogenated alkanes) is 1. The average molecular weight is 498 g/mol. The molecule has 1 aliphatic heterocycles. The number of nitrogens with one attached hydrogen (secondary N) is 1. The molecule has 0 bridgehead atoms. The average Bonchev–Trinajstić information content (AvgIpc) is 3.38. The Morgan fingerprint density at radius 2 is 1.84 bits per heavy atom. The Balaban J connectivity index is 1.21. The zero-order valence-corrected chi connectivity index (χ0v) is 21.7. The molecule has 1 amide bonds. The van der Waals surface area contributed by atoms with Gasteiger partial charge in [-0.05, 0) is 62.1 Å². The van der Waals surface area contributed by atoms with Crippen molar-refractivity contribution in [2.45, 2.75) is 46.1 Å². The van der Waals surface area contributed by atoms with Gasteiger partial charge in [0.25, 0.3) is 0 Å². The molecule has 37 heavy (non-hydrogen) atoms. The summed E-state index contributed by atoms with van der Waals surface area (Å²) in [6.07, 6.45) is 7.47. The number of carbonyl (C=O) groups excluding carboxylic acids is 1. The summed E-state index contributed by atoms with van der Waals surface area (Å²) in [6.45, 7) is 7.12. The summed E-state index contributed by atoms with van der Waals surface area (Å²) in [6, 6.07) is 18.5. The van der Waals surface area contributed by atoms with Gasteiger partial charge in [0, 0.05) is 43.5 Å². The summed E-state index contributed by atoms with van der Waals surface area (Å²) >= 11 is 0. The first-order valence-electron chi connectivity index (χ1n) is 13.3. The van der Waals surface area contributed by atoms with Crippen LogP contribution < -0.4 is 15.0 Å². The van der Waals surface area contributed by atoms with Gasteiger partial charge >= 0.3 is 0 Å². The second-order valence-electron chi connectivity index (χ2n) is 9.80. The number of hydrogen-bond donors (Lipinski definition) is 1. The van der Waals surface area contributed by atoms with Gasteiger partial charge in [0.1, 0.15) is 11.3 Å².